The molecule has 25 heavy (non-hydrogen) atoms. The third-order valence-corrected chi connectivity index (χ3v) is 5.38. The molecule has 0 spiro atoms. The van der Waals surface area contributed by atoms with Gasteiger partial charge in [-0.2, -0.15) is 4.99 Å². The Morgan fingerprint density at radius 3 is 2.52 bits per heavy atom. The van der Waals surface area contributed by atoms with Crippen LogP contribution in [0.2, 0.25) is 0 Å². The van der Waals surface area contributed by atoms with Crippen molar-refractivity contribution in [2.24, 2.45) is 12.0 Å². The number of rotatable bonds is 2. The third kappa shape index (κ3) is 2.51. The highest BCUT2D eigenvalue weighted by atomic mass is 32.1. The van der Waals surface area contributed by atoms with Crippen LogP contribution < -0.4 is 4.80 Å². The summed E-state index contributed by atoms with van der Waals surface area (Å²) in [5.41, 5.74) is 2.92. The maximum atomic E-state index is 12.5. The van der Waals surface area contributed by atoms with Gasteiger partial charge in [-0.3, -0.25) is 14.5 Å². The van der Waals surface area contributed by atoms with Crippen molar-refractivity contribution in [1.29, 1.82) is 0 Å². The van der Waals surface area contributed by atoms with Gasteiger partial charge in [0.05, 0.1) is 10.2 Å². The summed E-state index contributed by atoms with van der Waals surface area (Å²) in [6, 6.07) is 15.1. The molecule has 0 unspecified atom stereocenters. The predicted molar refractivity (Wildman–Crippen MR) is 97.9 cm³/mol. The lowest BCUT2D eigenvalue weighted by molar-refractivity contribution is -0.118. The number of thiazole rings is 1. The Kier molecular flexibility index (Phi) is 3.62. The average Bonchev–Trinajstić information content (AvgIpc) is 3.06. The maximum Gasteiger partial charge on any atom is 0.268 e. The van der Waals surface area contributed by atoms with Crippen molar-refractivity contribution < 1.29 is 9.59 Å². The number of carbonyl (C=O) groups is 2. The van der Waals surface area contributed by atoms with Crippen molar-refractivity contribution in [3.63, 3.8) is 0 Å². The second-order valence-electron chi connectivity index (χ2n) is 5.80. The fourth-order valence-corrected chi connectivity index (χ4v) is 4.00. The van der Waals surface area contributed by atoms with Gasteiger partial charge >= 0.3 is 0 Å². The van der Waals surface area contributed by atoms with Crippen molar-refractivity contribution in [2.75, 3.05) is 6.54 Å². The Morgan fingerprint density at radius 2 is 1.80 bits per heavy atom. The monoisotopic (exact) mass is 349 g/mol. The normalized spacial score (nSPS) is 14.4. The minimum atomic E-state index is -0.371. The van der Waals surface area contributed by atoms with Crippen LogP contribution in [-0.2, 0) is 11.8 Å². The molecule has 2 heterocycles. The number of benzene rings is 2. The Morgan fingerprint density at radius 1 is 1.12 bits per heavy atom. The number of nitrogens with zero attached hydrogens (tertiary/aromatic N) is 3. The highest BCUT2D eigenvalue weighted by Gasteiger charge is 2.31. The summed E-state index contributed by atoms with van der Waals surface area (Å²) in [4.78, 5) is 31.1. The molecule has 0 aliphatic carbocycles. The van der Waals surface area contributed by atoms with E-state index in [4.69, 9.17) is 0 Å². The molecule has 0 radical (unpaired) electrons. The number of aryl methyl sites for hydroxylation is 1. The number of amides is 2. The van der Waals surface area contributed by atoms with E-state index < -0.39 is 0 Å². The van der Waals surface area contributed by atoms with Gasteiger partial charge in [-0.25, -0.2) is 0 Å². The van der Waals surface area contributed by atoms with Gasteiger partial charge in [-0.1, -0.05) is 48.2 Å². The smallest absolute Gasteiger partial charge is 0.268 e. The molecule has 4 rings (SSSR count). The predicted octanol–water partition coefficient (Wildman–Crippen LogP) is 2.79. The van der Waals surface area contributed by atoms with E-state index in [0.29, 0.717) is 16.1 Å². The molecule has 1 aromatic heterocycles. The summed E-state index contributed by atoms with van der Waals surface area (Å²) in [6.45, 7) is 3.84. The van der Waals surface area contributed by atoms with Crippen molar-refractivity contribution in [2.45, 2.75) is 0 Å². The van der Waals surface area contributed by atoms with E-state index in [2.05, 4.69) is 11.6 Å². The number of carbonyl (C=O) groups excluding carboxylic acids is 2. The van der Waals surface area contributed by atoms with E-state index in [1.807, 2.05) is 48.0 Å². The molecule has 1 aliphatic rings. The van der Waals surface area contributed by atoms with E-state index >= 15 is 0 Å². The van der Waals surface area contributed by atoms with Crippen LogP contribution in [0.5, 0.6) is 0 Å². The molecule has 6 heteroatoms. The lowest BCUT2D eigenvalue weighted by Crippen LogP contribution is -2.29. The molecule has 3 aromatic rings. The molecule has 2 aromatic carbocycles. The van der Waals surface area contributed by atoms with Crippen LogP contribution in [0.25, 0.3) is 15.9 Å². The zero-order chi connectivity index (χ0) is 17.6. The molecule has 2 amide bonds. The third-order valence-electron chi connectivity index (χ3n) is 4.27. The van der Waals surface area contributed by atoms with Gasteiger partial charge in [0, 0.05) is 23.9 Å². The highest BCUT2D eigenvalue weighted by Crippen LogP contribution is 2.30. The number of hydrogen-bond donors (Lipinski definition) is 0. The molecule has 0 saturated carbocycles. The van der Waals surface area contributed by atoms with Crippen LogP contribution in [0.3, 0.4) is 0 Å². The number of hydrogen-bond acceptors (Lipinski definition) is 3. The average molecular weight is 349 g/mol. The van der Waals surface area contributed by atoms with Crippen LogP contribution in [0, 0.1) is 0 Å². The molecular weight excluding hydrogens is 334 g/mol. The first-order chi connectivity index (χ1) is 12.1. The Bertz CT molecular complexity index is 1070. The number of aromatic nitrogens is 1. The van der Waals surface area contributed by atoms with Gasteiger partial charge in [0.1, 0.15) is 6.54 Å². The molecule has 0 saturated heterocycles. The van der Waals surface area contributed by atoms with Crippen LogP contribution in [-0.4, -0.2) is 27.8 Å². The van der Waals surface area contributed by atoms with Crippen molar-refractivity contribution in [1.82, 2.24) is 9.47 Å². The topological polar surface area (TPSA) is 54.7 Å². The molecule has 0 N–H and O–H groups in total. The zero-order valence-corrected chi connectivity index (χ0v) is 14.4. The second-order valence-corrected chi connectivity index (χ2v) is 6.81. The van der Waals surface area contributed by atoms with Gasteiger partial charge < -0.3 is 4.57 Å². The van der Waals surface area contributed by atoms with Crippen LogP contribution in [0.15, 0.2) is 60.1 Å². The van der Waals surface area contributed by atoms with Crippen molar-refractivity contribution >= 4 is 39.1 Å². The Balaban J connectivity index is 1.64. The summed E-state index contributed by atoms with van der Waals surface area (Å²) in [7, 11) is 1.88. The number of para-hydroxylation sites is 1. The summed E-state index contributed by atoms with van der Waals surface area (Å²) >= 11 is 1.45. The first-order valence-electron chi connectivity index (χ1n) is 7.78. The minimum absolute atomic E-state index is 0.111. The molecule has 0 bridgehead atoms. The summed E-state index contributed by atoms with van der Waals surface area (Å²) in [5, 5.41) is 0. The summed E-state index contributed by atoms with van der Waals surface area (Å²) in [5.74, 6) is -0.575. The minimum Gasteiger partial charge on any atom is -0.319 e. The van der Waals surface area contributed by atoms with Crippen LogP contribution >= 0.6 is 11.3 Å². The Labute approximate surface area is 148 Å². The standard InChI is InChI=1S/C19H15N3O2S/c1-12-13-7-3-4-8-14(13)18(24)22(12)11-17(23)20-19-21(2)15-9-5-6-10-16(15)25-19/h3-10H,1,11H2,2H3. The van der Waals surface area contributed by atoms with Crippen molar-refractivity contribution in [3.05, 3.63) is 71.0 Å². The fraction of sp³-hybridized carbons (Fsp3) is 0.105. The molecule has 5 nitrogen and oxygen atoms in total. The molecule has 0 atom stereocenters. The SMILES string of the molecule is C=C1c2ccccc2C(=O)N1CC(=O)N=c1sc2ccccc2n1C. The molecule has 1 aliphatic heterocycles. The van der Waals surface area contributed by atoms with E-state index in [0.717, 1.165) is 15.8 Å². The van der Waals surface area contributed by atoms with Crippen molar-refractivity contribution in [3.8, 4) is 0 Å². The summed E-state index contributed by atoms with van der Waals surface area (Å²) in [6.07, 6.45) is 0. The van der Waals surface area contributed by atoms with Gasteiger partial charge in [-0.15, -0.1) is 0 Å². The number of fused-ring (bicyclic) bond motifs is 2. The van der Waals surface area contributed by atoms with Gasteiger partial charge in [0.2, 0.25) is 0 Å². The van der Waals surface area contributed by atoms with Crippen LogP contribution in [0.1, 0.15) is 15.9 Å². The Hall–Kier alpha value is -2.99. The maximum absolute atomic E-state index is 12.5. The lowest BCUT2D eigenvalue weighted by Gasteiger charge is -2.14. The van der Waals surface area contributed by atoms with E-state index in [9.17, 15) is 9.59 Å². The quantitative estimate of drug-likeness (QED) is 0.714. The zero-order valence-electron chi connectivity index (χ0n) is 13.6. The van der Waals surface area contributed by atoms with Gasteiger partial charge in [0.15, 0.2) is 4.80 Å². The molecule has 124 valence electrons. The van der Waals surface area contributed by atoms with Gasteiger partial charge in [0.25, 0.3) is 11.8 Å². The van der Waals surface area contributed by atoms with E-state index in [1.54, 1.807) is 12.1 Å². The van der Waals surface area contributed by atoms with E-state index in [1.165, 1.54) is 16.2 Å². The van der Waals surface area contributed by atoms with E-state index in [-0.39, 0.29) is 18.4 Å². The fourth-order valence-electron chi connectivity index (χ4n) is 2.97. The largest absolute Gasteiger partial charge is 0.319 e. The summed E-state index contributed by atoms with van der Waals surface area (Å²) < 4.78 is 2.94. The first-order valence-corrected chi connectivity index (χ1v) is 8.60. The second kappa shape index (κ2) is 5.82. The molecular formula is C19H15N3O2S. The first kappa shape index (κ1) is 15.5. The molecule has 0 fully saturated rings. The van der Waals surface area contributed by atoms with Gasteiger partial charge in [-0.05, 0) is 18.2 Å². The van der Waals surface area contributed by atoms with Crippen LogP contribution in [0.4, 0.5) is 0 Å². The highest BCUT2D eigenvalue weighted by molar-refractivity contribution is 7.16. The lowest BCUT2D eigenvalue weighted by atomic mass is 10.1.